The predicted molar refractivity (Wildman–Crippen MR) is 136 cm³/mol. The molecule has 0 aliphatic heterocycles. The highest BCUT2D eigenvalue weighted by Crippen LogP contribution is 2.25. The summed E-state index contributed by atoms with van der Waals surface area (Å²) in [6.07, 6.45) is 1.62. The van der Waals surface area contributed by atoms with Crippen LogP contribution in [0.5, 0.6) is 0 Å². The van der Waals surface area contributed by atoms with Gasteiger partial charge in [0, 0.05) is 31.0 Å². The van der Waals surface area contributed by atoms with Crippen LogP contribution in [0.25, 0.3) is 0 Å². The largest absolute Gasteiger partial charge is 0.357 e. The zero-order valence-electron chi connectivity index (χ0n) is 19.8. The van der Waals surface area contributed by atoms with Gasteiger partial charge in [0.25, 0.3) is 0 Å². The van der Waals surface area contributed by atoms with Crippen LogP contribution in [-0.2, 0) is 26.2 Å². The van der Waals surface area contributed by atoms with Crippen LogP contribution >= 0.6 is 15.9 Å². The monoisotopic (exact) mass is 537 g/mol. The lowest BCUT2D eigenvalue weighted by atomic mass is 10.1. The van der Waals surface area contributed by atoms with E-state index in [0.29, 0.717) is 12.1 Å². The standard InChI is InChI=1S/C24H32BrN3O4S/c1-17-9-6-12-22(18(17)2)28(33(5,31)32)14-8-13-23(29)27(19(3)24(30)26-4)16-20-10-7-11-21(25)15-20/h6-7,9-12,15,19H,8,13-14,16H2,1-5H3,(H,26,30)/t19-/m0/s1. The second-order valence-electron chi connectivity index (χ2n) is 8.10. The Morgan fingerprint density at radius 3 is 2.39 bits per heavy atom. The minimum atomic E-state index is -3.52. The third kappa shape index (κ3) is 7.30. The van der Waals surface area contributed by atoms with Crippen LogP contribution in [0.4, 0.5) is 5.69 Å². The average molecular weight is 539 g/mol. The highest BCUT2D eigenvalue weighted by molar-refractivity contribution is 9.10. The molecule has 1 atom stereocenters. The van der Waals surface area contributed by atoms with Gasteiger partial charge < -0.3 is 10.2 Å². The number of amides is 2. The maximum Gasteiger partial charge on any atom is 0.242 e. The van der Waals surface area contributed by atoms with Gasteiger partial charge in [-0.15, -0.1) is 0 Å². The van der Waals surface area contributed by atoms with E-state index in [-0.39, 0.29) is 31.3 Å². The molecule has 2 rings (SSSR count). The Balaban J connectivity index is 2.18. The maximum atomic E-state index is 13.1. The summed E-state index contributed by atoms with van der Waals surface area (Å²) in [5, 5.41) is 2.59. The number of likely N-dealkylation sites (N-methyl/N-ethyl adjacent to an activating group) is 1. The Kier molecular flexibility index (Phi) is 9.48. The van der Waals surface area contributed by atoms with Gasteiger partial charge >= 0.3 is 0 Å². The number of hydrogen-bond donors (Lipinski definition) is 1. The SMILES string of the molecule is CNC(=O)[C@H](C)N(Cc1cccc(Br)c1)C(=O)CCCN(c1cccc(C)c1C)S(C)(=O)=O. The second kappa shape index (κ2) is 11.7. The van der Waals surface area contributed by atoms with E-state index in [1.807, 2.05) is 50.2 Å². The normalized spacial score (nSPS) is 12.2. The molecule has 0 spiro atoms. The summed E-state index contributed by atoms with van der Waals surface area (Å²) in [5.74, 6) is -0.466. The second-order valence-corrected chi connectivity index (χ2v) is 10.9. The fourth-order valence-electron chi connectivity index (χ4n) is 3.61. The third-order valence-electron chi connectivity index (χ3n) is 5.65. The minimum Gasteiger partial charge on any atom is -0.357 e. The van der Waals surface area contributed by atoms with Crippen molar-refractivity contribution in [3.8, 4) is 0 Å². The zero-order chi connectivity index (χ0) is 24.8. The van der Waals surface area contributed by atoms with Crippen molar-refractivity contribution in [2.24, 2.45) is 0 Å². The molecular formula is C24H32BrN3O4S. The number of nitrogens with zero attached hydrogens (tertiary/aromatic N) is 2. The van der Waals surface area contributed by atoms with Crippen LogP contribution in [0.1, 0.15) is 36.5 Å². The number of sulfonamides is 1. The number of carbonyl (C=O) groups excluding carboxylic acids is 2. The Morgan fingerprint density at radius 2 is 1.79 bits per heavy atom. The van der Waals surface area contributed by atoms with Gasteiger partial charge in [0.05, 0.1) is 11.9 Å². The first-order valence-electron chi connectivity index (χ1n) is 10.7. The van der Waals surface area contributed by atoms with Gasteiger partial charge in [0.1, 0.15) is 6.04 Å². The molecule has 33 heavy (non-hydrogen) atoms. The Hall–Kier alpha value is -2.39. The molecular weight excluding hydrogens is 506 g/mol. The molecule has 0 fully saturated rings. The summed E-state index contributed by atoms with van der Waals surface area (Å²) in [6.45, 7) is 5.96. The summed E-state index contributed by atoms with van der Waals surface area (Å²) in [4.78, 5) is 27.0. The van der Waals surface area contributed by atoms with Gasteiger partial charge in [-0.1, -0.05) is 40.2 Å². The molecule has 0 bridgehead atoms. The van der Waals surface area contributed by atoms with Crippen LogP contribution in [0.3, 0.4) is 0 Å². The molecule has 2 amide bonds. The van der Waals surface area contributed by atoms with Gasteiger partial charge in [-0.05, 0) is 62.1 Å². The fraction of sp³-hybridized carbons (Fsp3) is 0.417. The van der Waals surface area contributed by atoms with Crippen molar-refractivity contribution in [2.45, 2.75) is 46.2 Å². The van der Waals surface area contributed by atoms with Crippen molar-refractivity contribution in [1.29, 1.82) is 0 Å². The minimum absolute atomic E-state index is 0.117. The number of anilines is 1. The van der Waals surface area contributed by atoms with Crippen molar-refractivity contribution >= 4 is 43.5 Å². The Morgan fingerprint density at radius 1 is 1.12 bits per heavy atom. The Bertz CT molecular complexity index is 1100. The fourth-order valence-corrected chi connectivity index (χ4v) is 5.07. The molecule has 180 valence electrons. The molecule has 9 heteroatoms. The molecule has 0 heterocycles. The number of carbonyl (C=O) groups is 2. The van der Waals surface area contributed by atoms with E-state index in [2.05, 4.69) is 21.2 Å². The molecule has 0 radical (unpaired) electrons. The zero-order valence-corrected chi connectivity index (χ0v) is 22.2. The summed E-state index contributed by atoms with van der Waals surface area (Å²) in [6, 6.07) is 12.4. The summed E-state index contributed by atoms with van der Waals surface area (Å²) < 4.78 is 27.2. The van der Waals surface area contributed by atoms with E-state index in [0.717, 1.165) is 21.2 Å². The quantitative estimate of drug-likeness (QED) is 0.499. The van der Waals surface area contributed by atoms with Crippen LogP contribution in [0.15, 0.2) is 46.9 Å². The average Bonchev–Trinajstić information content (AvgIpc) is 2.75. The van der Waals surface area contributed by atoms with Crippen molar-refractivity contribution in [3.63, 3.8) is 0 Å². The maximum absolute atomic E-state index is 13.1. The first-order valence-corrected chi connectivity index (χ1v) is 13.4. The highest BCUT2D eigenvalue weighted by Gasteiger charge is 2.26. The van der Waals surface area contributed by atoms with Crippen molar-refractivity contribution in [3.05, 3.63) is 63.6 Å². The van der Waals surface area contributed by atoms with Crippen molar-refractivity contribution in [1.82, 2.24) is 10.2 Å². The molecule has 0 aliphatic carbocycles. The van der Waals surface area contributed by atoms with Crippen molar-refractivity contribution < 1.29 is 18.0 Å². The molecule has 0 aliphatic rings. The molecule has 7 nitrogen and oxygen atoms in total. The topological polar surface area (TPSA) is 86.8 Å². The van der Waals surface area contributed by atoms with Crippen LogP contribution < -0.4 is 9.62 Å². The van der Waals surface area contributed by atoms with Gasteiger partial charge in [-0.3, -0.25) is 13.9 Å². The van der Waals surface area contributed by atoms with E-state index < -0.39 is 16.1 Å². The number of hydrogen-bond acceptors (Lipinski definition) is 4. The molecule has 0 unspecified atom stereocenters. The number of benzene rings is 2. The van der Waals surface area contributed by atoms with E-state index >= 15 is 0 Å². The lowest BCUT2D eigenvalue weighted by molar-refractivity contribution is -0.140. The van der Waals surface area contributed by atoms with Gasteiger partial charge in [-0.2, -0.15) is 0 Å². The van der Waals surface area contributed by atoms with Gasteiger partial charge in [-0.25, -0.2) is 8.42 Å². The summed E-state index contributed by atoms with van der Waals surface area (Å²) in [5.41, 5.74) is 3.40. The molecule has 2 aromatic carbocycles. The van der Waals surface area contributed by atoms with Crippen LogP contribution in [0, 0.1) is 13.8 Å². The summed E-state index contributed by atoms with van der Waals surface area (Å²) >= 11 is 3.43. The lowest BCUT2D eigenvalue weighted by Crippen LogP contribution is -2.46. The number of rotatable bonds is 10. The number of aryl methyl sites for hydroxylation is 1. The van der Waals surface area contributed by atoms with E-state index in [1.54, 1.807) is 13.0 Å². The van der Waals surface area contributed by atoms with Crippen LogP contribution in [0.2, 0.25) is 0 Å². The predicted octanol–water partition coefficient (Wildman–Crippen LogP) is 3.78. The Labute approximate surface area is 205 Å². The van der Waals surface area contributed by atoms with Gasteiger partial charge in [0.2, 0.25) is 21.8 Å². The van der Waals surface area contributed by atoms with Crippen molar-refractivity contribution in [2.75, 3.05) is 24.2 Å². The molecule has 0 saturated carbocycles. The van der Waals surface area contributed by atoms with Gasteiger partial charge in [0.15, 0.2) is 0 Å². The smallest absolute Gasteiger partial charge is 0.242 e. The van der Waals surface area contributed by atoms with E-state index in [1.165, 1.54) is 22.5 Å². The molecule has 0 saturated heterocycles. The number of halogens is 1. The third-order valence-corrected chi connectivity index (χ3v) is 7.33. The van der Waals surface area contributed by atoms with E-state index in [4.69, 9.17) is 0 Å². The summed E-state index contributed by atoms with van der Waals surface area (Å²) in [7, 11) is -1.99. The first-order chi connectivity index (χ1) is 15.5. The number of nitrogens with one attached hydrogen (secondary N) is 1. The molecule has 0 aromatic heterocycles. The molecule has 2 aromatic rings. The first kappa shape index (κ1) is 26.9. The molecule has 1 N–H and O–H groups in total. The highest BCUT2D eigenvalue weighted by atomic mass is 79.9. The lowest BCUT2D eigenvalue weighted by Gasteiger charge is -2.29. The van der Waals surface area contributed by atoms with Crippen LogP contribution in [-0.4, -0.2) is 51.0 Å². The van der Waals surface area contributed by atoms with E-state index in [9.17, 15) is 18.0 Å².